The SMILES string of the molecule is CC(C)OCCCNC(=O)CCc1nc2sc3c(c2c(=O)[nH]1)CCCC3. The van der Waals surface area contributed by atoms with Gasteiger partial charge in [-0.3, -0.25) is 9.59 Å². The highest BCUT2D eigenvalue weighted by molar-refractivity contribution is 7.18. The van der Waals surface area contributed by atoms with E-state index in [1.807, 2.05) is 13.8 Å². The van der Waals surface area contributed by atoms with E-state index in [9.17, 15) is 9.59 Å². The summed E-state index contributed by atoms with van der Waals surface area (Å²) in [5.41, 5.74) is 1.13. The Morgan fingerprint density at radius 1 is 1.35 bits per heavy atom. The molecule has 0 unspecified atom stereocenters. The number of aromatic amines is 1. The van der Waals surface area contributed by atoms with E-state index in [1.165, 1.54) is 16.9 Å². The second-order valence-electron chi connectivity index (χ2n) is 7.03. The number of ether oxygens (including phenoxy) is 1. The Labute approximate surface area is 157 Å². The standard InChI is InChI=1S/C19H27N3O3S/c1-12(2)25-11-5-10-20-16(23)9-8-15-21-18(24)17-13-6-3-4-7-14(13)26-19(17)22-15/h12H,3-11H2,1-2H3,(H,20,23)(H,21,22,24). The number of nitrogens with zero attached hydrogens (tertiary/aromatic N) is 1. The molecule has 2 N–H and O–H groups in total. The van der Waals surface area contributed by atoms with Gasteiger partial charge in [0.25, 0.3) is 5.56 Å². The van der Waals surface area contributed by atoms with E-state index >= 15 is 0 Å². The molecule has 0 aliphatic heterocycles. The van der Waals surface area contributed by atoms with Crippen LogP contribution in [0.4, 0.5) is 0 Å². The van der Waals surface area contributed by atoms with Crippen LogP contribution in [0.3, 0.4) is 0 Å². The molecule has 1 aliphatic rings. The van der Waals surface area contributed by atoms with Gasteiger partial charge in [0, 0.05) is 30.9 Å². The first-order valence-corrected chi connectivity index (χ1v) is 10.3. The molecule has 3 rings (SSSR count). The molecule has 2 heterocycles. The topological polar surface area (TPSA) is 84.1 Å². The zero-order chi connectivity index (χ0) is 18.5. The summed E-state index contributed by atoms with van der Waals surface area (Å²) in [6, 6.07) is 0. The smallest absolute Gasteiger partial charge is 0.259 e. The summed E-state index contributed by atoms with van der Waals surface area (Å²) in [7, 11) is 0. The predicted molar refractivity (Wildman–Crippen MR) is 104 cm³/mol. The Morgan fingerprint density at radius 2 is 2.15 bits per heavy atom. The summed E-state index contributed by atoms with van der Waals surface area (Å²) in [6.45, 7) is 5.24. The average Bonchev–Trinajstić information content (AvgIpc) is 2.98. The van der Waals surface area contributed by atoms with Gasteiger partial charge in [-0.25, -0.2) is 4.98 Å². The predicted octanol–water partition coefficient (Wildman–Crippen LogP) is 2.73. The molecule has 26 heavy (non-hydrogen) atoms. The third-order valence-electron chi connectivity index (χ3n) is 4.56. The van der Waals surface area contributed by atoms with Crippen LogP contribution in [0.15, 0.2) is 4.79 Å². The van der Waals surface area contributed by atoms with Gasteiger partial charge in [0.1, 0.15) is 10.7 Å². The molecule has 1 amide bonds. The van der Waals surface area contributed by atoms with Gasteiger partial charge in [-0.1, -0.05) is 0 Å². The average molecular weight is 378 g/mol. The van der Waals surface area contributed by atoms with Gasteiger partial charge in [0.2, 0.25) is 5.91 Å². The molecule has 0 fully saturated rings. The first-order valence-electron chi connectivity index (χ1n) is 9.46. The quantitative estimate of drug-likeness (QED) is 0.693. The first-order chi connectivity index (χ1) is 12.5. The normalized spacial score (nSPS) is 14.0. The fraction of sp³-hybridized carbons (Fsp3) is 0.632. The molecule has 0 aromatic carbocycles. The van der Waals surface area contributed by atoms with Crippen molar-refractivity contribution in [2.24, 2.45) is 0 Å². The van der Waals surface area contributed by atoms with Gasteiger partial charge >= 0.3 is 0 Å². The van der Waals surface area contributed by atoms with Crippen molar-refractivity contribution < 1.29 is 9.53 Å². The molecule has 7 heteroatoms. The van der Waals surface area contributed by atoms with E-state index < -0.39 is 0 Å². The highest BCUT2D eigenvalue weighted by Crippen LogP contribution is 2.33. The van der Waals surface area contributed by atoms with Gasteiger partial charge in [0.15, 0.2) is 0 Å². The van der Waals surface area contributed by atoms with Gasteiger partial charge < -0.3 is 15.0 Å². The molecule has 0 saturated carbocycles. The minimum Gasteiger partial charge on any atom is -0.379 e. The largest absolute Gasteiger partial charge is 0.379 e. The van der Waals surface area contributed by atoms with Crippen LogP contribution in [0.2, 0.25) is 0 Å². The number of rotatable bonds is 8. The number of aromatic nitrogens is 2. The number of carbonyl (C=O) groups excluding carboxylic acids is 1. The molecular formula is C19H27N3O3S. The lowest BCUT2D eigenvalue weighted by Crippen LogP contribution is -2.26. The van der Waals surface area contributed by atoms with E-state index in [1.54, 1.807) is 11.3 Å². The number of aryl methyl sites for hydroxylation is 3. The summed E-state index contributed by atoms with van der Waals surface area (Å²) < 4.78 is 5.44. The minimum absolute atomic E-state index is 0.0252. The molecule has 2 aromatic rings. The van der Waals surface area contributed by atoms with Crippen LogP contribution in [-0.4, -0.2) is 35.1 Å². The van der Waals surface area contributed by atoms with Crippen LogP contribution >= 0.6 is 11.3 Å². The van der Waals surface area contributed by atoms with Crippen LogP contribution in [0.25, 0.3) is 10.2 Å². The molecule has 0 spiro atoms. The zero-order valence-corrected chi connectivity index (χ0v) is 16.3. The Hall–Kier alpha value is -1.73. The highest BCUT2D eigenvalue weighted by atomic mass is 32.1. The Bertz CT molecular complexity index is 825. The van der Waals surface area contributed by atoms with Crippen LogP contribution in [0.1, 0.15) is 55.8 Å². The van der Waals surface area contributed by atoms with Crippen molar-refractivity contribution in [1.29, 1.82) is 0 Å². The van der Waals surface area contributed by atoms with Gasteiger partial charge in [-0.2, -0.15) is 0 Å². The second-order valence-corrected chi connectivity index (χ2v) is 8.11. The van der Waals surface area contributed by atoms with Gasteiger partial charge in [-0.05, 0) is 51.5 Å². The summed E-state index contributed by atoms with van der Waals surface area (Å²) in [4.78, 5) is 34.0. The third kappa shape index (κ3) is 4.71. The van der Waals surface area contributed by atoms with Crippen LogP contribution in [0, 0.1) is 0 Å². The van der Waals surface area contributed by atoms with Crippen LogP contribution in [0.5, 0.6) is 0 Å². The number of nitrogens with one attached hydrogen (secondary N) is 2. The zero-order valence-electron chi connectivity index (χ0n) is 15.5. The number of fused-ring (bicyclic) bond motifs is 3. The molecule has 142 valence electrons. The van der Waals surface area contributed by atoms with E-state index in [2.05, 4.69) is 15.3 Å². The lowest BCUT2D eigenvalue weighted by molar-refractivity contribution is -0.121. The number of H-pyrrole nitrogens is 1. The van der Waals surface area contributed by atoms with Crippen molar-refractivity contribution in [2.45, 2.75) is 64.9 Å². The fourth-order valence-corrected chi connectivity index (χ4v) is 4.55. The van der Waals surface area contributed by atoms with Crippen molar-refractivity contribution in [3.8, 4) is 0 Å². The Kier molecular flexibility index (Phi) is 6.43. The number of hydrogen-bond donors (Lipinski definition) is 2. The summed E-state index contributed by atoms with van der Waals surface area (Å²) in [5, 5.41) is 3.65. The molecular weight excluding hydrogens is 350 g/mol. The van der Waals surface area contributed by atoms with Crippen molar-refractivity contribution in [3.05, 3.63) is 26.6 Å². The highest BCUT2D eigenvalue weighted by Gasteiger charge is 2.19. The summed E-state index contributed by atoms with van der Waals surface area (Å²) in [6.07, 6.45) is 6.14. The number of carbonyl (C=O) groups is 1. The van der Waals surface area contributed by atoms with Crippen molar-refractivity contribution in [3.63, 3.8) is 0 Å². The van der Waals surface area contributed by atoms with Crippen molar-refractivity contribution >= 4 is 27.5 Å². The number of amides is 1. The van der Waals surface area contributed by atoms with Crippen molar-refractivity contribution in [2.75, 3.05) is 13.2 Å². The van der Waals surface area contributed by atoms with E-state index in [4.69, 9.17) is 4.74 Å². The van der Waals surface area contributed by atoms with Gasteiger partial charge in [0.05, 0.1) is 11.5 Å². The molecule has 6 nitrogen and oxygen atoms in total. The number of thiophene rings is 1. The molecule has 1 aliphatic carbocycles. The molecule has 2 aromatic heterocycles. The van der Waals surface area contributed by atoms with E-state index in [0.717, 1.165) is 35.9 Å². The Balaban J connectivity index is 1.54. The lowest BCUT2D eigenvalue weighted by Gasteiger charge is -2.09. The van der Waals surface area contributed by atoms with E-state index in [-0.39, 0.29) is 17.6 Å². The Morgan fingerprint density at radius 3 is 2.96 bits per heavy atom. The molecule has 0 saturated heterocycles. The van der Waals surface area contributed by atoms with Crippen LogP contribution < -0.4 is 10.9 Å². The lowest BCUT2D eigenvalue weighted by atomic mass is 9.97. The summed E-state index contributed by atoms with van der Waals surface area (Å²) in [5.74, 6) is 0.571. The third-order valence-corrected chi connectivity index (χ3v) is 5.74. The van der Waals surface area contributed by atoms with Gasteiger partial charge in [-0.15, -0.1) is 11.3 Å². The summed E-state index contributed by atoms with van der Waals surface area (Å²) >= 11 is 1.64. The van der Waals surface area contributed by atoms with Crippen LogP contribution in [-0.2, 0) is 28.8 Å². The monoisotopic (exact) mass is 377 g/mol. The first kappa shape index (κ1) is 19.0. The molecule has 0 atom stereocenters. The molecule has 0 bridgehead atoms. The molecule has 0 radical (unpaired) electrons. The number of hydrogen-bond acceptors (Lipinski definition) is 5. The van der Waals surface area contributed by atoms with Crippen molar-refractivity contribution in [1.82, 2.24) is 15.3 Å². The maximum Gasteiger partial charge on any atom is 0.259 e. The fourth-order valence-electron chi connectivity index (χ4n) is 3.27. The maximum atomic E-state index is 12.5. The van der Waals surface area contributed by atoms with E-state index in [0.29, 0.717) is 31.8 Å². The minimum atomic E-state index is -0.0596. The second kappa shape index (κ2) is 8.77. The maximum absolute atomic E-state index is 12.5.